The van der Waals surface area contributed by atoms with Gasteiger partial charge in [-0.25, -0.2) is 0 Å². The van der Waals surface area contributed by atoms with Crippen molar-refractivity contribution in [2.24, 2.45) is 0 Å². The van der Waals surface area contributed by atoms with E-state index < -0.39 is 0 Å². The van der Waals surface area contributed by atoms with Crippen LogP contribution in [0.3, 0.4) is 0 Å². The second-order valence-electron chi connectivity index (χ2n) is 4.37. The summed E-state index contributed by atoms with van der Waals surface area (Å²) in [4.78, 5) is 0. The molecule has 17 heavy (non-hydrogen) atoms. The van der Waals surface area contributed by atoms with E-state index in [1.54, 1.807) is 0 Å². The van der Waals surface area contributed by atoms with E-state index in [9.17, 15) is 0 Å². The molecule has 3 rings (SSSR count). The van der Waals surface area contributed by atoms with Gasteiger partial charge in [0, 0.05) is 0 Å². The highest BCUT2D eigenvalue weighted by atomic mass is 79.9. The van der Waals surface area contributed by atoms with E-state index in [0.29, 0.717) is 0 Å². The van der Waals surface area contributed by atoms with Crippen LogP contribution in [0.4, 0.5) is 0 Å². The number of hydrogen-bond donors (Lipinski definition) is 3. The van der Waals surface area contributed by atoms with Crippen LogP contribution in [0.2, 0.25) is 0 Å². The second kappa shape index (κ2) is 16.8. The summed E-state index contributed by atoms with van der Waals surface area (Å²) in [5, 5.41) is 9.67. The molecule has 0 aliphatic carbocycles. The predicted molar refractivity (Wildman–Crippen MR) is 87.7 cm³/mol. The van der Waals surface area contributed by atoms with Crippen LogP contribution in [-0.2, 0) is 0 Å². The monoisotopic (exact) mass is 327 g/mol. The van der Waals surface area contributed by atoms with Crippen molar-refractivity contribution in [2.75, 3.05) is 39.3 Å². The van der Waals surface area contributed by atoms with Crippen LogP contribution < -0.4 is 16.0 Å². The van der Waals surface area contributed by atoms with E-state index >= 15 is 0 Å². The quantitative estimate of drug-likeness (QED) is 0.593. The molecule has 3 aliphatic heterocycles. The lowest BCUT2D eigenvalue weighted by atomic mass is 10.4. The summed E-state index contributed by atoms with van der Waals surface area (Å²) in [5.74, 6) is 0. The second-order valence-corrected chi connectivity index (χ2v) is 4.37. The minimum atomic E-state index is 0. The van der Waals surface area contributed by atoms with E-state index in [1.807, 2.05) is 0 Å². The molecule has 0 spiro atoms. The van der Waals surface area contributed by atoms with Gasteiger partial charge in [-0.1, -0.05) is 0 Å². The summed E-state index contributed by atoms with van der Waals surface area (Å²) < 4.78 is 0. The molecule has 3 N–H and O–H groups in total. The summed E-state index contributed by atoms with van der Waals surface area (Å²) in [7, 11) is 0. The number of rotatable bonds is 0. The van der Waals surface area contributed by atoms with Gasteiger partial charge in [-0.3, -0.25) is 0 Å². The molecule has 106 valence electrons. The fraction of sp³-hybridized carbons (Fsp3) is 1.00. The molecule has 1 unspecified atom stereocenters. The lowest BCUT2D eigenvalue weighted by molar-refractivity contribution is 0.857. The van der Waals surface area contributed by atoms with Gasteiger partial charge in [-0.05, 0) is 77.8 Å². The third kappa shape index (κ3) is 14.7. The highest BCUT2D eigenvalue weighted by molar-refractivity contribution is 8.93. The molecule has 3 aliphatic rings. The smallest absolute Gasteiger partial charge is 0.00484 e. The van der Waals surface area contributed by atoms with Gasteiger partial charge in [0.15, 0.2) is 0 Å². The zero-order valence-electron chi connectivity index (χ0n) is 11.1. The summed E-state index contributed by atoms with van der Waals surface area (Å²) in [6.45, 7) is 7.50. The Balaban J connectivity index is 0. The first-order chi connectivity index (χ1) is 7.50. The Bertz CT molecular complexity index is 80.3. The van der Waals surface area contributed by atoms with E-state index in [1.165, 1.54) is 77.8 Å². The molecule has 3 heterocycles. The van der Waals surface area contributed by atoms with Gasteiger partial charge >= 0.3 is 0 Å². The molecule has 0 aromatic carbocycles. The van der Waals surface area contributed by atoms with Crippen LogP contribution in [-0.4, -0.2) is 39.3 Å². The van der Waals surface area contributed by atoms with Crippen molar-refractivity contribution >= 4 is 26.9 Å². The molecule has 3 nitrogen and oxygen atoms in total. The van der Waals surface area contributed by atoms with Crippen molar-refractivity contribution in [3.63, 3.8) is 0 Å². The zero-order valence-corrected chi connectivity index (χ0v) is 14.2. The normalized spacial score (nSPS) is 21.2. The summed E-state index contributed by atoms with van der Waals surface area (Å²) in [5.41, 5.74) is 0. The molecule has 0 bridgehead atoms. The van der Waals surface area contributed by atoms with Gasteiger partial charge < -0.3 is 16.0 Å². The van der Waals surface area contributed by atoms with Crippen LogP contribution in [0, 0.1) is 0 Å². The lowest BCUT2D eigenvalue weighted by Crippen LogP contribution is -2.03. The van der Waals surface area contributed by atoms with Crippen LogP contribution in [0.1, 0.15) is 38.5 Å². The van der Waals surface area contributed by atoms with Crippen LogP contribution in [0.5, 0.6) is 0 Å². The number of hydrogen-bond acceptors (Lipinski definition) is 3. The fourth-order valence-electron chi connectivity index (χ4n) is 1.87. The van der Waals surface area contributed by atoms with Crippen LogP contribution in [0.15, 0.2) is 0 Å². The largest absolute Gasteiger partial charge is 0.317 e. The molecule has 1 atom stereocenters. The Kier molecular flexibility index (Phi) is 19.9. The molecular weight excluding hydrogens is 297 g/mol. The predicted octanol–water partition coefficient (Wildman–Crippen LogP) is 1.75. The average Bonchev–Trinajstić information content (AvgIpc) is 3.09. The molecule has 3 saturated heterocycles. The minimum Gasteiger partial charge on any atom is -0.317 e. The Labute approximate surface area is 121 Å². The van der Waals surface area contributed by atoms with Crippen molar-refractivity contribution in [3.05, 3.63) is 0 Å². The van der Waals surface area contributed by atoms with Crippen molar-refractivity contribution in [2.45, 2.75) is 38.5 Å². The Morgan fingerprint density at radius 3 is 0.647 bits per heavy atom. The SMILES string of the molecule is Br.C1CCNC1.C1CCNC1.C1CCNC1.P. The van der Waals surface area contributed by atoms with Gasteiger partial charge in [-0.15, -0.1) is 17.0 Å². The Morgan fingerprint density at radius 2 is 0.588 bits per heavy atom. The first kappa shape index (κ1) is 20.1. The lowest BCUT2D eigenvalue weighted by Gasteiger charge is -1.76. The van der Waals surface area contributed by atoms with E-state index in [-0.39, 0.29) is 26.9 Å². The highest BCUT2D eigenvalue weighted by Crippen LogP contribution is 1.91. The number of halogens is 1. The average molecular weight is 328 g/mol. The van der Waals surface area contributed by atoms with Crippen molar-refractivity contribution < 1.29 is 0 Å². The van der Waals surface area contributed by atoms with Crippen molar-refractivity contribution in [1.29, 1.82) is 0 Å². The van der Waals surface area contributed by atoms with Gasteiger partial charge in [0.2, 0.25) is 0 Å². The molecule has 5 heteroatoms. The molecule has 3 fully saturated rings. The Hall–Kier alpha value is 0.790. The maximum Gasteiger partial charge on any atom is -0.00484 e. The van der Waals surface area contributed by atoms with Gasteiger partial charge in [0.25, 0.3) is 0 Å². The van der Waals surface area contributed by atoms with E-state index in [4.69, 9.17) is 0 Å². The van der Waals surface area contributed by atoms with Crippen molar-refractivity contribution in [1.82, 2.24) is 16.0 Å². The summed E-state index contributed by atoms with van der Waals surface area (Å²) in [6, 6.07) is 0. The maximum absolute atomic E-state index is 3.22. The van der Waals surface area contributed by atoms with Crippen molar-refractivity contribution in [3.8, 4) is 0 Å². The molecule has 0 saturated carbocycles. The number of nitrogens with one attached hydrogen (secondary N) is 3. The highest BCUT2D eigenvalue weighted by Gasteiger charge is 1.94. The molecule has 0 radical (unpaired) electrons. The standard InChI is InChI=1S/3C4H9N.BrH.H3P/c3*1-2-4-5-3-1;;/h3*5H,1-4H2;1H;1H3. The zero-order chi connectivity index (χ0) is 10.6. The van der Waals surface area contributed by atoms with E-state index in [0.717, 1.165) is 0 Å². The molecule has 0 amide bonds. The first-order valence-electron chi connectivity index (χ1n) is 6.62. The molecule has 0 aromatic heterocycles. The maximum atomic E-state index is 3.22. The van der Waals surface area contributed by atoms with Gasteiger partial charge in [0.05, 0.1) is 0 Å². The minimum absolute atomic E-state index is 0. The third-order valence-corrected chi connectivity index (χ3v) is 2.87. The fourth-order valence-corrected chi connectivity index (χ4v) is 1.87. The Morgan fingerprint density at radius 1 is 0.412 bits per heavy atom. The summed E-state index contributed by atoms with van der Waals surface area (Å²) >= 11 is 0. The van der Waals surface area contributed by atoms with Gasteiger partial charge in [-0.2, -0.15) is 9.90 Å². The molecule has 0 aromatic rings. The molecular formula is C12H31BrN3P. The van der Waals surface area contributed by atoms with E-state index in [2.05, 4.69) is 16.0 Å². The summed E-state index contributed by atoms with van der Waals surface area (Å²) in [6.07, 6.45) is 8.33. The van der Waals surface area contributed by atoms with Crippen LogP contribution >= 0.6 is 26.9 Å². The topological polar surface area (TPSA) is 36.1 Å². The third-order valence-electron chi connectivity index (χ3n) is 2.87. The van der Waals surface area contributed by atoms with Gasteiger partial charge in [0.1, 0.15) is 0 Å². The van der Waals surface area contributed by atoms with Crippen LogP contribution in [0.25, 0.3) is 0 Å². The first-order valence-corrected chi connectivity index (χ1v) is 6.62.